The van der Waals surface area contributed by atoms with Gasteiger partial charge in [-0.1, -0.05) is 36.4 Å². The minimum Gasteiger partial charge on any atom is -0.379 e. The third-order valence-electron chi connectivity index (χ3n) is 4.58. The third-order valence-corrected chi connectivity index (χ3v) is 4.58. The Morgan fingerprint density at radius 3 is 2.30 bits per heavy atom. The van der Waals surface area contributed by atoms with E-state index in [2.05, 4.69) is 38.5 Å². The van der Waals surface area contributed by atoms with Crippen LogP contribution in [0.3, 0.4) is 0 Å². The predicted molar refractivity (Wildman–Crippen MR) is 99.6 cm³/mol. The topological polar surface area (TPSA) is 79.9 Å². The van der Waals surface area contributed by atoms with Crippen LogP contribution in [-0.2, 0) is 17.8 Å². The van der Waals surface area contributed by atoms with Crippen molar-refractivity contribution in [3.8, 4) is 17.5 Å². The smallest absolute Gasteiger partial charge is 0.204 e. The zero-order valence-corrected chi connectivity index (χ0v) is 15.0. The number of nitriles is 1. The van der Waals surface area contributed by atoms with Crippen LogP contribution in [0, 0.1) is 11.3 Å². The molecular weight excluding hydrogens is 340 g/mol. The fourth-order valence-corrected chi connectivity index (χ4v) is 3.05. The van der Waals surface area contributed by atoms with Gasteiger partial charge in [-0.15, -0.1) is 10.2 Å². The van der Waals surface area contributed by atoms with E-state index in [1.807, 2.05) is 24.3 Å². The highest BCUT2D eigenvalue weighted by atomic mass is 16.5. The number of aromatic nitrogens is 4. The van der Waals surface area contributed by atoms with E-state index in [9.17, 15) is 0 Å². The summed E-state index contributed by atoms with van der Waals surface area (Å²) in [6.45, 7) is 5.03. The minimum atomic E-state index is 0.522. The lowest BCUT2D eigenvalue weighted by molar-refractivity contribution is 0.0342. The largest absolute Gasteiger partial charge is 0.379 e. The number of morpholine rings is 1. The Morgan fingerprint density at radius 2 is 1.59 bits per heavy atom. The summed E-state index contributed by atoms with van der Waals surface area (Å²) in [4.78, 5) is 3.96. The fourth-order valence-electron chi connectivity index (χ4n) is 3.05. The number of ether oxygens (including phenoxy) is 1. The highest BCUT2D eigenvalue weighted by Gasteiger charge is 2.11. The summed E-state index contributed by atoms with van der Waals surface area (Å²) in [5, 5.41) is 21.6. The molecule has 27 heavy (non-hydrogen) atoms. The molecule has 0 unspecified atom stereocenters. The van der Waals surface area contributed by atoms with Crippen LogP contribution >= 0.6 is 0 Å². The summed E-state index contributed by atoms with van der Waals surface area (Å²) in [6.07, 6.45) is 0. The second kappa shape index (κ2) is 8.08. The third kappa shape index (κ3) is 4.37. The van der Waals surface area contributed by atoms with Crippen molar-refractivity contribution in [2.75, 3.05) is 26.3 Å². The summed E-state index contributed by atoms with van der Waals surface area (Å²) in [5.41, 5.74) is 3.89. The van der Waals surface area contributed by atoms with Gasteiger partial charge in [0.15, 0.2) is 0 Å². The molecular formula is C20H20N6O. The Labute approximate surface area is 157 Å². The summed E-state index contributed by atoms with van der Waals surface area (Å²) < 4.78 is 5.39. The van der Waals surface area contributed by atoms with Crippen LogP contribution in [0.2, 0.25) is 0 Å². The molecule has 0 atom stereocenters. The highest BCUT2D eigenvalue weighted by molar-refractivity contribution is 5.54. The molecule has 1 aliphatic heterocycles. The van der Waals surface area contributed by atoms with Crippen molar-refractivity contribution in [1.82, 2.24) is 25.1 Å². The van der Waals surface area contributed by atoms with E-state index in [4.69, 9.17) is 10.00 Å². The zero-order valence-electron chi connectivity index (χ0n) is 15.0. The Kier molecular flexibility index (Phi) is 5.19. The lowest BCUT2D eigenvalue weighted by atomic mass is 10.1. The van der Waals surface area contributed by atoms with Gasteiger partial charge < -0.3 is 4.74 Å². The van der Waals surface area contributed by atoms with Crippen molar-refractivity contribution in [2.45, 2.75) is 13.1 Å². The maximum absolute atomic E-state index is 8.86. The van der Waals surface area contributed by atoms with E-state index in [0.29, 0.717) is 17.9 Å². The molecule has 2 heterocycles. The van der Waals surface area contributed by atoms with Gasteiger partial charge in [-0.25, -0.2) is 0 Å². The van der Waals surface area contributed by atoms with Crippen LogP contribution in [0.5, 0.6) is 0 Å². The van der Waals surface area contributed by atoms with Crippen LogP contribution in [0.1, 0.15) is 16.7 Å². The van der Waals surface area contributed by atoms with Gasteiger partial charge in [0.25, 0.3) is 0 Å². The van der Waals surface area contributed by atoms with Gasteiger partial charge in [-0.05, 0) is 28.5 Å². The van der Waals surface area contributed by atoms with Gasteiger partial charge >= 0.3 is 0 Å². The first-order valence-corrected chi connectivity index (χ1v) is 8.96. The second-order valence-electron chi connectivity index (χ2n) is 6.54. The average molecular weight is 360 g/mol. The molecule has 0 amide bonds. The van der Waals surface area contributed by atoms with Gasteiger partial charge in [-0.3, -0.25) is 4.90 Å². The lowest BCUT2D eigenvalue weighted by Crippen LogP contribution is -2.35. The van der Waals surface area contributed by atoms with Crippen LogP contribution in [0.15, 0.2) is 48.5 Å². The Morgan fingerprint density at radius 1 is 0.926 bits per heavy atom. The Hall–Kier alpha value is -3.08. The Bertz CT molecular complexity index is 920. The second-order valence-corrected chi connectivity index (χ2v) is 6.54. The molecule has 0 radical (unpaired) electrons. The molecule has 7 nitrogen and oxygen atoms in total. The summed E-state index contributed by atoms with van der Waals surface area (Å²) in [6, 6.07) is 17.8. The molecule has 1 fully saturated rings. The molecule has 4 rings (SSSR count). The van der Waals surface area contributed by atoms with Crippen molar-refractivity contribution in [1.29, 1.82) is 5.26 Å². The monoisotopic (exact) mass is 360 g/mol. The number of hydrogen-bond donors (Lipinski definition) is 0. The number of tetrazole rings is 1. The van der Waals surface area contributed by atoms with Crippen LogP contribution in [0.4, 0.5) is 0 Å². The predicted octanol–water partition coefficient (Wildman–Crippen LogP) is 2.09. The molecule has 1 aliphatic rings. The molecule has 2 aromatic carbocycles. The number of hydrogen-bond acceptors (Lipinski definition) is 6. The lowest BCUT2D eigenvalue weighted by Gasteiger charge is -2.26. The van der Waals surface area contributed by atoms with Gasteiger partial charge in [0, 0.05) is 25.2 Å². The molecule has 3 aromatic rings. The van der Waals surface area contributed by atoms with Gasteiger partial charge in [-0.2, -0.15) is 10.1 Å². The highest BCUT2D eigenvalue weighted by Crippen LogP contribution is 2.16. The van der Waals surface area contributed by atoms with E-state index in [1.54, 1.807) is 16.9 Å². The standard InChI is InChI=1S/C20H20N6O/c21-13-16-1-3-18(4-2-16)15-26-23-20(22-24-26)19-7-5-17(6-8-19)14-25-9-11-27-12-10-25/h1-8H,9-12,14-15H2. The van der Waals surface area contributed by atoms with Crippen LogP contribution in [0.25, 0.3) is 11.4 Å². The van der Waals surface area contributed by atoms with Gasteiger partial charge in [0.2, 0.25) is 5.82 Å². The molecule has 0 spiro atoms. The first-order valence-electron chi connectivity index (χ1n) is 8.96. The zero-order chi connectivity index (χ0) is 18.5. The first kappa shape index (κ1) is 17.3. The van der Waals surface area contributed by atoms with Crippen molar-refractivity contribution in [2.24, 2.45) is 0 Å². The molecule has 0 aliphatic carbocycles. The SMILES string of the molecule is N#Cc1ccc(Cn2nnc(-c3ccc(CN4CCOCC4)cc3)n2)cc1. The van der Waals surface area contributed by atoms with Gasteiger partial charge in [0.1, 0.15) is 0 Å². The van der Waals surface area contributed by atoms with Gasteiger partial charge in [0.05, 0.1) is 31.4 Å². The number of nitrogens with zero attached hydrogens (tertiary/aromatic N) is 6. The maximum atomic E-state index is 8.86. The summed E-state index contributed by atoms with van der Waals surface area (Å²) in [7, 11) is 0. The van der Waals surface area contributed by atoms with E-state index in [1.165, 1.54) is 5.56 Å². The number of benzene rings is 2. The summed E-state index contributed by atoms with van der Waals surface area (Å²) in [5.74, 6) is 0.613. The molecule has 7 heteroatoms. The van der Waals surface area contributed by atoms with Crippen molar-refractivity contribution >= 4 is 0 Å². The molecule has 0 bridgehead atoms. The van der Waals surface area contributed by atoms with E-state index in [0.717, 1.165) is 44.0 Å². The average Bonchev–Trinajstić information content (AvgIpc) is 3.18. The molecule has 0 saturated carbocycles. The molecule has 1 saturated heterocycles. The minimum absolute atomic E-state index is 0.522. The summed E-state index contributed by atoms with van der Waals surface area (Å²) >= 11 is 0. The van der Waals surface area contributed by atoms with Crippen LogP contribution in [-0.4, -0.2) is 51.4 Å². The normalized spacial score (nSPS) is 14.8. The van der Waals surface area contributed by atoms with E-state index >= 15 is 0 Å². The molecule has 0 N–H and O–H groups in total. The number of rotatable bonds is 5. The quantitative estimate of drug-likeness (QED) is 0.693. The molecule has 1 aromatic heterocycles. The molecule has 136 valence electrons. The van der Waals surface area contributed by atoms with E-state index in [-0.39, 0.29) is 0 Å². The fraction of sp³-hybridized carbons (Fsp3) is 0.300. The van der Waals surface area contributed by atoms with Crippen molar-refractivity contribution < 1.29 is 4.74 Å². The van der Waals surface area contributed by atoms with Crippen molar-refractivity contribution in [3.05, 3.63) is 65.2 Å². The maximum Gasteiger partial charge on any atom is 0.204 e. The van der Waals surface area contributed by atoms with Crippen LogP contribution < -0.4 is 0 Å². The Balaban J connectivity index is 1.40. The first-order chi connectivity index (χ1) is 13.3. The van der Waals surface area contributed by atoms with Crippen molar-refractivity contribution in [3.63, 3.8) is 0 Å². The van der Waals surface area contributed by atoms with E-state index < -0.39 is 0 Å².